The van der Waals surface area contributed by atoms with E-state index in [9.17, 15) is 14.9 Å². The van der Waals surface area contributed by atoms with E-state index in [1.54, 1.807) is 0 Å². The highest BCUT2D eigenvalue weighted by atomic mass is 79.9. The molecule has 0 aliphatic rings. The van der Waals surface area contributed by atoms with Crippen molar-refractivity contribution in [1.82, 2.24) is 0 Å². The standard InChI is InChI=1S/C4H6BrNO5/c5-3-4(7)10-1-2-11-6(8)9/h1-3H2. The Kier molecular flexibility index (Phi) is 5.44. The summed E-state index contributed by atoms with van der Waals surface area (Å²) in [5, 5.41) is 8.68. The number of hydrogen-bond donors (Lipinski definition) is 0. The van der Waals surface area contributed by atoms with E-state index in [0.717, 1.165) is 0 Å². The molecule has 0 saturated heterocycles. The van der Waals surface area contributed by atoms with E-state index in [0.29, 0.717) is 0 Å². The Bertz CT molecular complexity index is 149. The van der Waals surface area contributed by atoms with Crippen LogP contribution in [0, 0.1) is 10.1 Å². The summed E-state index contributed by atoms with van der Waals surface area (Å²) in [6, 6.07) is 0. The molecule has 0 atom stereocenters. The Hall–Kier alpha value is -0.850. The van der Waals surface area contributed by atoms with Crippen LogP contribution in [0.25, 0.3) is 0 Å². The summed E-state index contributed by atoms with van der Waals surface area (Å²) in [7, 11) is 0. The lowest BCUT2D eigenvalue weighted by Gasteiger charge is -1.99. The Morgan fingerprint density at radius 2 is 2.18 bits per heavy atom. The Morgan fingerprint density at radius 1 is 1.55 bits per heavy atom. The predicted molar refractivity (Wildman–Crippen MR) is 37.7 cm³/mol. The first-order chi connectivity index (χ1) is 5.16. The van der Waals surface area contributed by atoms with Gasteiger partial charge in [0.1, 0.15) is 18.5 Å². The molecule has 0 spiro atoms. The summed E-state index contributed by atoms with van der Waals surface area (Å²) in [5.41, 5.74) is 0. The lowest BCUT2D eigenvalue weighted by molar-refractivity contribution is -0.757. The number of carbonyl (C=O) groups excluding carboxylic acids is 1. The van der Waals surface area contributed by atoms with Crippen molar-refractivity contribution in [1.29, 1.82) is 0 Å². The van der Waals surface area contributed by atoms with Crippen LogP contribution in [0.5, 0.6) is 0 Å². The minimum absolute atomic E-state index is 0.0749. The second kappa shape index (κ2) is 5.90. The molecule has 0 aliphatic carbocycles. The van der Waals surface area contributed by atoms with Crippen molar-refractivity contribution >= 4 is 21.9 Å². The van der Waals surface area contributed by atoms with E-state index in [2.05, 4.69) is 25.5 Å². The molecule has 0 fully saturated rings. The molecular weight excluding hydrogens is 222 g/mol. The minimum atomic E-state index is -0.942. The van der Waals surface area contributed by atoms with Gasteiger partial charge in [-0.25, -0.2) is 0 Å². The molecule has 0 heterocycles. The molecule has 0 bridgehead atoms. The van der Waals surface area contributed by atoms with Crippen molar-refractivity contribution < 1.29 is 19.5 Å². The summed E-state index contributed by atoms with van der Waals surface area (Å²) in [5.74, 6) is -0.475. The average Bonchev–Trinajstić information content (AvgIpc) is 1.97. The third-order valence-corrected chi connectivity index (χ3v) is 1.11. The van der Waals surface area contributed by atoms with E-state index in [1.807, 2.05) is 0 Å². The van der Waals surface area contributed by atoms with Crippen molar-refractivity contribution in [2.75, 3.05) is 18.5 Å². The number of carbonyl (C=O) groups is 1. The molecule has 0 aromatic carbocycles. The molecule has 0 N–H and O–H groups in total. The summed E-state index contributed by atoms with van der Waals surface area (Å²) in [4.78, 5) is 23.8. The van der Waals surface area contributed by atoms with E-state index in [4.69, 9.17) is 0 Å². The molecule has 11 heavy (non-hydrogen) atoms. The topological polar surface area (TPSA) is 78.7 Å². The zero-order valence-electron chi connectivity index (χ0n) is 5.49. The van der Waals surface area contributed by atoms with E-state index < -0.39 is 11.1 Å². The van der Waals surface area contributed by atoms with Crippen molar-refractivity contribution in [3.63, 3.8) is 0 Å². The Labute approximate surface area is 70.7 Å². The van der Waals surface area contributed by atoms with Gasteiger partial charge in [0.2, 0.25) is 0 Å². The quantitative estimate of drug-likeness (QED) is 0.220. The van der Waals surface area contributed by atoms with E-state index in [1.165, 1.54) is 0 Å². The van der Waals surface area contributed by atoms with Crippen LogP contribution in [0.3, 0.4) is 0 Å². The van der Waals surface area contributed by atoms with Crippen LogP contribution in [0.4, 0.5) is 0 Å². The smallest absolute Gasteiger partial charge is 0.316 e. The first-order valence-corrected chi connectivity index (χ1v) is 3.78. The highest BCUT2D eigenvalue weighted by molar-refractivity contribution is 9.09. The fourth-order valence-corrected chi connectivity index (χ4v) is 0.468. The molecule has 64 valence electrons. The molecule has 0 radical (unpaired) electrons. The van der Waals surface area contributed by atoms with Gasteiger partial charge in [-0.15, -0.1) is 10.1 Å². The first kappa shape index (κ1) is 10.2. The number of rotatable bonds is 5. The monoisotopic (exact) mass is 227 g/mol. The van der Waals surface area contributed by atoms with Crippen LogP contribution in [0.1, 0.15) is 0 Å². The summed E-state index contributed by atoms with van der Waals surface area (Å²) >= 11 is 2.85. The first-order valence-electron chi connectivity index (χ1n) is 2.65. The van der Waals surface area contributed by atoms with Crippen LogP contribution >= 0.6 is 15.9 Å². The molecule has 0 amide bonds. The van der Waals surface area contributed by atoms with Crippen LogP contribution in [0.15, 0.2) is 0 Å². The van der Waals surface area contributed by atoms with Gasteiger partial charge in [0.05, 0.1) is 0 Å². The largest absolute Gasteiger partial charge is 0.463 e. The molecule has 6 nitrogen and oxygen atoms in total. The number of ether oxygens (including phenoxy) is 1. The van der Waals surface area contributed by atoms with Gasteiger partial charge < -0.3 is 9.57 Å². The van der Waals surface area contributed by atoms with E-state index in [-0.39, 0.29) is 18.5 Å². The third kappa shape index (κ3) is 7.04. The van der Waals surface area contributed by atoms with Crippen LogP contribution in [-0.2, 0) is 14.4 Å². The molecule has 0 aromatic rings. The molecule has 7 heteroatoms. The normalized spacial score (nSPS) is 8.82. The van der Waals surface area contributed by atoms with Crippen molar-refractivity contribution in [3.05, 3.63) is 10.1 Å². The maximum Gasteiger partial charge on any atom is 0.316 e. The lowest BCUT2D eigenvalue weighted by atomic mass is 10.7. The zero-order valence-corrected chi connectivity index (χ0v) is 7.07. The molecule has 0 rings (SSSR count). The number of hydrogen-bond acceptors (Lipinski definition) is 5. The maximum absolute atomic E-state index is 10.4. The fourth-order valence-electron chi connectivity index (χ4n) is 0.306. The lowest BCUT2D eigenvalue weighted by Crippen LogP contribution is -2.13. The van der Waals surface area contributed by atoms with Gasteiger partial charge in [0, 0.05) is 0 Å². The van der Waals surface area contributed by atoms with Crippen molar-refractivity contribution in [2.45, 2.75) is 0 Å². The number of halogens is 1. The molecular formula is C4H6BrNO5. The predicted octanol–water partition coefficient (Wildman–Crippen LogP) is 0.133. The van der Waals surface area contributed by atoms with Crippen molar-refractivity contribution in [3.8, 4) is 0 Å². The van der Waals surface area contributed by atoms with Gasteiger partial charge in [0.15, 0.2) is 0 Å². The Morgan fingerprint density at radius 3 is 2.64 bits per heavy atom. The minimum Gasteiger partial charge on any atom is -0.463 e. The second-order valence-electron chi connectivity index (χ2n) is 1.41. The number of esters is 1. The van der Waals surface area contributed by atoms with E-state index >= 15 is 0 Å². The zero-order chi connectivity index (χ0) is 8.69. The summed E-state index contributed by atoms with van der Waals surface area (Å²) < 4.78 is 4.43. The van der Waals surface area contributed by atoms with Gasteiger partial charge in [-0.1, -0.05) is 15.9 Å². The fraction of sp³-hybridized carbons (Fsp3) is 0.750. The highest BCUT2D eigenvalue weighted by Gasteiger charge is 1.99. The maximum atomic E-state index is 10.4. The summed E-state index contributed by atoms with van der Waals surface area (Å²) in [6.07, 6.45) is 0. The molecule has 0 unspecified atom stereocenters. The van der Waals surface area contributed by atoms with Gasteiger partial charge >= 0.3 is 5.97 Å². The third-order valence-electron chi connectivity index (χ3n) is 0.652. The van der Waals surface area contributed by atoms with Crippen LogP contribution in [0.2, 0.25) is 0 Å². The number of alkyl halides is 1. The average molecular weight is 228 g/mol. The SMILES string of the molecule is O=C(CBr)OCCO[N+](=O)[O-]. The molecule has 0 saturated carbocycles. The second-order valence-corrected chi connectivity index (χ2v) is 1.97. The number of nitrogens with zero attached hydrogens (tertiary/aromatic N) is 1. The van der Waals surface area contributed by atoms with Gasteiger partial charge in [0.25, 0.3) is 5.09 Å². The molecule has 0 aromatic heterocycles. The molecule has 0 aliphatic heterocycles. The van der Waals surface area contributed by atoms with Crippen LogP contribution in [-0.4, -0.2) is 29.6 Å². The Balaban J connectivity index is 3.14. The van der Waals surface area contributed by atoms with Gasteiger partial charge in [-0.05, 0) is 0 Å². The van der Waals surface area contributed by atoms with Crippen LogP contribution < -0.4 is 0 Å². The van der Waals surface area contributed by atoms with Gasteiger partial charge in [-0.2, -0.15) is 0 Å². The van der Waals surface area contributed by atoms with Crippen molar-refractivity contribution in [2.24, 2.45) is 0 Å². The van der Waals surface area contributed by atoms with Gasteiger partial charge in [-0.3, -0.25) is 4.79 Å². The highest BCUT2D eigenvalue weighted by Crippen LogP contribution is 1.85. The summed E-state index contributed by atoms with van der Waals surface area (Å²) in [6.45, 7) is -0.336.